The van der Waals surface area contributed by atoms with Crippen LogP contribution in [0.15, 0.2) is 12.1 Å². The van der Waals surface area contributed by atoms with Crippen molar-refractivity contribution in [3.63, 3.8) is 0 Å². The van der Waals surface area contributed by atoms with Gasteiger partial charge in [-0.05, 0) is 6.07 Å². The van der Waals surface area contributed by atoms with E-state index in [0.717, 1.165) is 4.70 Å². The Labute approximate surface area is 115 Å². The molecule has 4 N–H and O–H groups in total. The number of rotatable bonds is 5. The summed E-state index contributed by atoms with van der Waals surface area (Å²) in [4.78, 5) is 4.20. The molecule has 0 atom stereocenters. The molecule has 0 radical (unpaired) electrons. The summed E-state index contributed by atoms with van der Waals surface area (Å²) in [6.07, 6.45) is 0. The summed E-state index contributed by atoms with van der Waals surface area (Å²) in [6.45, 7) is 2.00. The Hall–Kier alpha value is -1.58. The van der Waals surface area contributed by atoms with Crippen LogP contribution in [-0.2, 0) is 10.2 Å². The minimum atomic E-state index is -3.59. The van der Waals surface area contributed by atoms with Crippen LogP contribution in [0.25, 0.3) is 10.2 Å². The van der Waals surface area contributed by atoms with Crippen LogP contribution in [0, 0.1) is 0 Å². The zero-order valence-corrected chi connectivity index (χ0v) is 12.1. The monoisotopic (exact) mass is 302 g/mol. The first-order valence-corrected chi connectivity index (χ1v) is 7.76. The Balaban J connectivity index is 2.42. The molecule has 0 saturated carbocycles. The fourth-order valence-electron chi connectivity index (χ4n) is 1.56. The van der Waals surface area contributed by atoms with E-state index in [1.165, 1.54) is 18.4 Å². The van der Waals surface area contributed by atoms with Crippen LogP contribution in [0.3, 0.4) is 0 Å². The van der Waals surface area contributed by atoms with Crippen molar-refractivity contribution in [1.82, 2.24) is 9.71 Å². The van der Waals surface area contributed by atoms with E-state index in [2.05, 4.69) is 14.4 Å². The minimum Gasteiger partial charge on any atom is -0.494 e. The molecule has 19 heavy (non-hydrogen) atoms. The van der Waals surface area contributed by atoms with Gasteiger partial charge in [-0.25, -0.2) is 9.71 Å². The van der Waals surface area contributed by atoms with Crippen molar-refractivity contribution in [2.24, 2.45) is 0 Å². The fourth-order valence-corrected chi connectivity index (χ4v) is 3.57. The lowest BCUT2D eigenvalue weighted by molar-refractivity contribution is 0.419. The van der Waals surface area contributed by atoms with Crippen molar-refractivity contribution in [3.8, 4) is 5.75 Å². The quantitative estimate of drug-likeness (QED) is 0.718. The second kappa shape index (κ2) is 5.19. The van der Waals surface area contributed by atoms with Gasteiger partial charge in [-0.15, -0.1) is 0 Å². The van der Waals surface area contributed by atoms with Crippen LogP contribution in [0.1, 0.15) is 6.92 Å². The summed E-state index contributed by atoms with van der Waals surface area (Å²) >= 11 is 1.19. The highest BCUT2D eigenvalue weighted by Gasteiger charge is 2.14. The normalized spacial score (nSPS) is 11.7. The van der Waals surface area contributed by atoms with E-state index in [0.29, 0.717) is 23.5 Å². The van der Waals surface area contributed by atoms with Crippen LogP contribution in [-0.4, -0.2) is 27.1 Å². The van der Waals surface area contributed by atoms with Crippen LogP contribution >= 0.6 is 11.3 Å². The van der Waals surface area contributed by atoms with Gasteiger partial charge in [0, 0.05) is 18.3 Å². The Morgan fingerprint density at radius 1 is 1.47 bits per heavy atom. The molecule has 7 nitrogen and oxygen atoms in total. The summed E-state index contributed by atoms with van der Waals surface area (Å²) in [5, 5.41) is 0.264. The van der Waals surface area contributed by atoms with Gasteiger partial charge in [0.15, 0.2) is 5.13 Å². The lowest BCUT2D eigenvalue weighted by atomic mass is 10.3. The topological polar surface area (TPSA) is 106 Å². The average Bonchev–Trinajstić information content (AvgIpc) is 2.68. The third-order valence-corrected chi connectivity index (χ3v) is 4.44. The van der Waals surface area contributed by atoms with Crippen LogP contribution in [0.4, 0.5) is 10.8 Å². The molecule has 0 saturated heterocycles. The Morgan fingerprint density at radius 3 is 2.84 bits per heavy atom. The third kappa shape index (κ3) is 3.06. The van der Waals surface area contributed by atoms with Crippen LogP contribution < -0.4 is 19.9 Å². The highest BCUT2D eigenvalue weighted by molar-refractivity contribution is 7.91. The number of ether oxygens (including phenoxy) is 1. The first kappa shape index (κ1) is 13.8. The summed E-state index contributed by atoms with van der Waals surface area (Å²) in [5.74, 6) is 0.514. The van der Waals surface area contributed by atoms with E-state index >= 15 is 0 Å². The van der Waals surface area contributed by atoms with Gasteiger partial charge in [0.25, 0.3) is 0 Å². The molecule has 0 amide bonds. The van der Waals surface area contributed by atoms with Gasteiger partial charge in [-0.1, -0.05) is 18.3 Å². The molecule has 104 valence electrons. The molecule has 0 aliphatic rings. The van der Waals surface area contributed by atoms with Crippen molar-refractivity contribution in [3.05, 3.63) is 12.1 Å². The molecule has 0 unspecified atom stereocenters. The molecule has 0 aliphatic heterocycles. The zero-order chi connectivity index (χ0) is 14.0. The van der Waals surface area contributed by atoms with Gasteiger partial charge in [0.05, 0.1) is 11.8 Å². The largest absolute Gasteiger partial charge is 0.494 e. The van der Waals surface area contributed by atoms with E-state index < -0.39 is 10.2 Å². The number of nitrogens with two attached hydrogens (primary N) is 1. The molecular weight excluding hydrogens is 288 g/mol. The van der Waals surface area contributed by atoms with E-state index in [1.807, 2.05) is 0 Å². The Morgan fingerprint density at radius 2 is 2.21 bits per heavy atom. The molecule has 2 rings (SSSR count). The maximum absolute atomic E-state index is 11.6. The molecular formula is C10H14N4O3S2. The van der Waals surface area contributed by atoms with Gasteiger partial charge in [-0.2, -0.15) is 13.1 Å². The zero-order valence-electron chi connectivity index (χ0n) is 10.4. The number of nitrogens with one attached hydrogen (secondary N) is 2. The second-order valence-corrected chi connectivity index (χ2v) is 6.22. The molecule has 0 bridgehead atoms. The number of methoxy groups -OCH3 is 1. The minimum absolute atomic E-state index is 0.264. The number of benzene rings is 1. The predicted molar refractivity (Wildman–Crippen MR) is 76.8 cm³/mol. The molecule has 0 fully saturated rings. The van der Waals surface area contributed by atoms with E-state index in [-0.39, 0.29) is 5.13 Å². The highest BCUT2D eigenvalue weighted by atomic mass is 32.2. The smallest absolute Gasteiger partial charge is 0.300 e. The summed E-state index contributed by atoms with van der Waals surface area (Å²) < 4.78 is 33.8. The summed E-state index contributed by atoms with van der Waals surface area (Å²) in [6, 6.07) is 3.37. The summed E-state index contributed by atoms with van der Waals surface area (Å²) in [5.41, 5.74) is 6.85. The second-order valence-electron chi connectivity index (χ2n) is 3.69. The van der Waals surface area contributed by atoms with Crippen molar-refractivity contribution in [2.75, 3.05) is 24.1 Å². The SMILES string of the molecule is CCNS(=O)(=O)Nc1nc2c(OC)cc(N)cc2s1. The maximum atomic E-state index is 11.6. The average molecular weight is 302 g/mol. The first-order valence-electron chi connectivity index (χ1n) is 5.46. The van der Waals surface area contributed by atoms with Crippen molar-refractivity contribution < 1.29 is 13.2 Å². The van der Waals surface area contributed by atoms with E-state index in [1.54, 1.807) is 19.1 Å². The van der Waals surface area contributed by atoms with Gasteiger partial charge < -0.3 is 10.5 Å². The first-order chi connectivity index (χ1) is 8.95. The van der Waals surface area contributed by atoms with Gasteiger partial charge in [0.1, 0.15) is 11.3 Å². The third-order valence-electron chi connectivity index (χ3n) is 2.26. The highest BCUT2D eigenvalue weighted by Crippen LogP contribution is 2.34. The number of hydrogen-bond donors (Lipinski definition) is 3. The lowest BCUT2D eigenvalue weighted by Crippen LogP contribution is -2.29. The number of fused-ring (bicyclic) bond motifs is 1. The molecule has 2 aromatic rings. The number of aromatic nitrogens is 1. The Bertz CT molecular complexity index is 696. The number of thiazole rings is 1. The fraction of sp³-hybridized carbons (Fsp3) is 0.300. The van der Waals surface area contributed by atoms with Gasteiger partial charge in [-0.3, -0.25) is 0 Å². The molecule has 0 aliphatic carbocycles. The van der Waals surface area contributed by atoms with Crippen molar-refractivity contribution in [2.45, 2.75) is 6.92 Å². The molecule has 0 spiro atoms. The molecule has 9 heteroatoms. The van der Waals surface area contributed by atoms with Gasteiger partial charge in [0.2, 0.25) is 0 Å². The van der Waals surface area contributed by atoms with Crippen LogP contribution in [0.2, 0.25) is 0 Å². The number of nitrogens with zero attached hydrogens (tertiary/aromatic N) is 1. The van der Waals surface area contributed by atoms with Crippen molar-refractivity contribution >= 4 is 42.6 Å². The van der Waals surface area contributed by atoms with E-state index in [9.17, 15) is 8.42 Å². The molecule has 1 heterocycles. The number of nitrogen functional groups attached to an aromatic ring is 1. The summed E-state index contributed by atoms with van der Waals surface area (Å²) in [7, 11) is -2.08. The lowest BCUT2D eigenvalue weighted by Gasteiger charge is -2.03. The van der Waals surface area contributed by atoms with Gasteiger partial charge >= 0.3 is 10.2 Å². The maximum Gasteiger partial charge on any atom is 0.300 e. The van der Waals surface area contributed by atoms with Crippen molar-refractivity contribution in [1.29, 1.82) is 0 Å². The van der Waals surface area contributed by atoms with Crippen LogP contribution in [0.5, 0.6) is 5.75 Å². The predicted octanol–water partition coefficient (Wildman–Crippen LogP) is 1.15. The molecule has 1 aromatic heterocycles. The van der Waals surface area contributed by atoms with E-state index in [4.69, 9.17) is 10.5 Å². The standard InChI is InChI=1S/C10H14N4O3S2/c1-3-12-19(15,16)14-10-13-9-7(17-2)4-6(11)5-8(9)18-10/h4-5,12H,3,11H2,1-2H3,(H,13,14). The molecule has 1 aromatic carbocycles. The Kier molecular flexibility index (Phi) is 3.78. The number of anilines is 2. The number of hydrogen-bond acceptors (Lipinski definition) is 6.